The van der Waals surface area contributed by atoms with E-state index in [1.807, 2.05) is 0 Å². The Morgan fingerprint density at radius 3 is 1.79 bits per heavy atom. The van der Waals surface area contributed by atoms with Gasteiger partial charge in [-0.25, -0.2) is 0 Å². The summed E-state index contributed by atoms with van der Waals surface area (Å²) < 4.78 is 100. The summed E-state index contributed by atoms with van der Waals surface area (Å²) in [7, 11) is 0. The maximum absolute atomic E-state index is 12.5. The van der Waals surface area contributed by atoms with Crippen LogP contribution in [0.1, 0.15) is 5.56 Å². The Kier molecular flexibility index (Phi) is 3.91. The van der Waals surface area contributed by atoms with Crippen LogP contribution in [0.5, 0.6) is 5.75 Å². The van der Waals surface area contributed by atoms with Crippen LogP contribution in [-0.2, 0) is 6.18 Å². The minimum atomic E-state index is -6.01. The van der Waals surface area contributed by atoms with Gasteiger partial charge in [0.05, 0.1) is 10.6 Å². The van der Waals surface area contributed by atoms with Gasteiger partial charge in [-0.15, -0.1) is 0 Å². The van der Waals surface area contributed by atoms with Crippen LogP contribution in [-0.4, -0.2) is 12.3 Å². The lowest BCUT2D eigenvalue weighted by Crippen LogP contribution is -2.41. The Morgan fingerprint density at radius 1 is 0.895 bits per heavy atom. The highest BCUT2D eigenvalue weighted by atomic mass is 35.5. The molecule has 1 rings (SSSR count). The van der Waals surface area contributed by atoms with Gasteiger partial charge in [-0.3, -0.25) is 0 Å². The average Bonchev–Trinajstić information content (AvgIpc) is 2.17. The molecule has 19 heavy (non-hydrogen) atoms. The van der Waals surface area contributed by atoms with Crippen molar-refractivity contribution in [3.63, 3.8) is 0 Å². The van der Waals surface area contributed by atoms with Crippen molar-refractivity contribution in [2.75, 3.05) is 0 Å². The standard InChI is InChI=1S/C9H3ClF8O/c10-5-3-4(7(11,12)13)1-2-6(5)19-9(17,18)8(14,15)16/h1-3H. The quantitative estimate of drug-likeness (QED) is 0.706. The van der Waals surface area contributed by atoms with Crippen molar-refractivity contribution in [1.82, 2.24) is 0 Å². The molecule has 0 heterocycles. The van der Waals surface area contributed by atoms with E-state index in [9.17, 15) is 35.1 Å². The summed E-state index contributed by atoms with van der Waals surface area (Å²) in [4.78, 5) is 0. The summed E-state index contributed by atoms with van der Waals surface area (Å²) in [5.41, 5.74) is -1.31. The first-order valence-corrected chi connectivity index (χ1v) is 4.73. The molecule has 1 aromatic rings. The lowest BCUT2D eigenvalue weighted by atomic mass is 10.2. The zero-order valence-corrected chi connectivity index (χ0v) is 9.30. The SMILES string of the molecule is FC(F)(F)c1ccc(OC(F)(F)C(F)(F)F)c(Cl)c1. The Labute approximate surface area is 105 Å². The number of alkyl halides is 8. The Morgan fingerprint density at radius 2 is 1.42 bits per heavy atom. The van der Waals surface area contributed by atoms with E-state index in [2.05, 4.69) is 4.74 Å². The molecule has 0 unspecified atom stereocenters. The zero-order valence-electron chi connectivity index (χ0n) is 8.54. The number of ether oxygens (including phenoxy) is 1. The van der Waals surface area contributed by atoms with E-state index >= 15 is 0 Å². The van der Waals surface area contributed by atoms with Gasteiger partial charge >= 0.3 is 18.5 Å². The van der Waals surface area contributed by atoms with Gasteiger partial charge in [0.1, 0.15) is 5.75 Å². The molecule has 108 valence electrons. The third-order valence-corrected chi connectivity index (χ3v) is 2.12. The van der Waals surface area contributed by atoms with Gasteiger partial charge in [-0.2, -0.15) is 35.1 Å². The van der Waals surface area contributed by atoms with Crippen molar-refractivity contribution < 1.29 is 39.9 Å². The normalized spacial score (nSPS) is 13.5. The monoisotopic (exact) mass is 314 g/mol. The van der Waals surface area contributed by atoms with Gasteiger partial charge in [0.2, 0.25) is 0 Å². The predicted molar refractivity (Wildman–Crippen MR) is 48.1 cm³/mol. The largest absolute Gasteiger partial charge is 0.499 e. The number of halogens is 9. The van der Waals surface area contributed by atoms with Gasteiger partial charge in [-0.05, 0) is 18.2 Å². The molecule has 0 aliphatic heterocycles. The van der Waals surface area contributed by atoms with Crippen LogP contribution >= 0.6 is 11.6 Å². The van der Waals surface area contributed by atoms with Crippen LogP contribution < -0.4 is 4.74 Å². The van der Waals surface area contributed by atoms with E-state index in [1.54, 1.807) is 0 Å². The molecular formula is C9H3ClF8O. The molecule has 0 spiro atoms. The lowest BCUT2D eigenvalue weighted by Gasteiger charge is -2.21. The summed E-state index contributed by atoms with van der Waals surface area (Å²) in [5, 5.41) is -1.02. The van der Waals surface area contributed by atoms with E-state index in [0.29, 0.717) is 0 Å². The molecular weight excluding hydrogens is 312 g/mol. The Balaban J connectivity index is 3.06. The molecule has 1 aromatic carbocycles. The fourth-order valence-corrected chi connectivity index (χ4v) is 1.18. The van der Waals surface area contributed by atoms with Crippen molar-refractivity contribution in [1.29, 1.82) is 0 Å². The van der Waals surface area contributed by atoms with Crippen molar-refractivity contribution in [3.05, 3.63) is 28.8 Å². The second-order valence-electron chi connectivity index (χ2n) is 3.26. The summed E-state index contributed by atoms with van der Waals surface area (Å²) in [6.45, 7) is 0. The second-order valence-corrected chi connectivity index (χ2v) is 3.67. The zero-order chi connectivity index (χ0) is 15.1. The molecule has 0 bridgehead atoms. The van der Waals surface area contributed by atoms with E-state index < -0.39 is 34.8 Å². The molecule has 0 radical (unpaired) electrons. The van der Waals surface area contributed by atoms with Crippen molar-refractivity contribution in [3.8, 4) is 5.75 Å². The van der Waals surface area contributed by atoms with Crippen LogP contribution in [0.4, 0.5) is 35.1 Å². The number of hydrogen-bond acceptors (Lipinski definition) is 1. The minimum Gasteiger partial charge on any atom is -0.424 e. The van der Waals surface area contributed by atoms with Crippen LogP contribution in [0.3, 0.4) is 0 Å². The second kappa shape index (κ2) is 4.69. The topological polar surface area (TPSA) is 9.23 Å². The van der Waals surface area contributed by atoms with E-state index in [-0.39, 0.29) is 18.2 Å². The molecule has 0 saturated carbocycles. The van der Waals surface area contributed by atoms with Gasteiger partial charge < -0.3 is 4.74 Å². The fourth-order valence-electron chi connectivity index (χ4n) is 0.956. The van der Waals surface area contributed by atoms with Gasteiger partial charge in [-0.1, -0.05) is 11.6 Å². The summed E-state index contributed by atoms with van der Waals surface area (Å²) in [6.07, 6.45) is -16.4. The highest BCUT2D eigenvalue weighted by Crippen LogP contribution is 2.41. The van der Waals surface area contributed by atoms with Crippen molar-refractivity contribution >= 4 is 11.6 Å². The van der Waals surface area contributed by atoms with Crippen LogP contribution in [0.15, 0.2) is 18.2 Å². The molecule has 0 fully saturated rings. The Hall–Kier alpha value is -1.25. The van der Waals surface area contributed by atoms with Crippen molar-refractivity contribution in [2.45, 2.75) is 18.5 Å². The minimum absolute atomic E-state index is 0.184. The molecule has 0 amide bonds. The third kappa shape index (κ3) is 3.62. The molecule has 0 atom stereocenters. The summed E-state index contributed by atoms with van der Waals surface area (Å²) >= 11 is 5.17. The molecule has 1 nitrogen and oxygen atoms in total. The fraction of sp³-hybridized carbons (Fsp3) is 0.333. The van der Waals surface area contributed by atoms with E-state index in [1.165, 1.54) is 0 Å². The maximum Gasteiger partial charge on any atom is 0.499 e. The van der Waals surface area contributed by atoms with Crippen LogP contribution in [0.2, 0.25) is 5.02 Å². The molecule has 10 heteroatoms. The van der Waals surface area contributed by atoms with Crippen LogP contribution in [0, 0.1) is 0 Å². The maximum atomic E-state index is 12.5. The molecule has 0 saturated heterocycles. The highest BCUT2D eigenvalue weighted by Gasteiger charge is 2.61. The van der Waals surface area contributed by atoms with Crippen molar-refractivity contribution in [2.24, 2.45) is 0 Å². The number of benzene rings is 1. The molecule has 0 aliphatic carbocycles. The summed E-state index contributed by atoms with van der Waals surface area (Å²) in [6, 6.07) is 0.738. The lowest BCUT2D eigenvalue weighted by molar-refractivity contribution is -0.360. The Bertz CT molecular complexity index is 464. The summed E-state index contributed by atoms with van der Waals surface area (Å²) in [5.74, 6) is -1.21. The first kappa shape index (κ1) is 15.8. The van der Waals surface area contributed by atoms with Crippen LogP contribution in [0.25, 0.3) is 0 Å². The number of hydrogen-bond donors (Lipinski definition) is 0. The first-order valence-electron chi connectivity index (χ1n) is 4.35. The van der Waals surface area contributed by atoms with Gasteiger partial charge in [0.25, 0.3) is 0 Å². The molecule has 0 aromatic heterocycles. The highest BCUT2D eigenvalue weighted by molar-refractivity contribution is 6.32. The van der Waals surface area contributed by atoms with Gasteiger partial charge in [0, 0.05) is 0 Å². The first-order chi connectivity index (χ1) is 8.34. The third-order valence-electron chi connectivity index (χ3n) is 1.83. The number of rotatable bonds is 2. The predicted octanol–water partition coefficient (Wildman–Crippen LogP) is 4.89. The van der Waals surface area contributed by atoms with E-state index in [4.69, 9.17) is 11.6 Å². The van der Waals surface area contributed by atoms with E-state index in [0.717, 1.165) is 0 Å². The average molecular weight is 315 g/mol. The molecule has 0 aliphatic rings. The molecule has 0 N–H and O–H groups in total. The smallest absolute Gasteiger partial charge is 0.424 e. The van der Waals surface area contributed by atoms with Gasteiger partial charge in [0.15, 0.2) is 0 Å².